The van der Waals surface area contributed by atoms with Crippen molar-refractivity contribution >= 4 is 21.6 Å². The Bertz CT molecular complexity index is 650. The van der Waals surface area contributed by atoms with Gasteiger partial charge in [0.1, 0.15) is 5.65 Å². The number of hydrogen-bond donors (Lipinski definition) is 0. The van der Waals surface area contributed by atoms with Crippen molar-refractivity contribution in [1.29, 1.82) is 0 Å². The molecule has 2 aromatic heterocycles. The lowest BCUT2D eigenvalue weighted by Crippen LogP contribution is -2.34. The SMILES string of the molecule is CN1CCc2nc3cc(Br)ccn3c(=O)c2C1. The molecule has 0 atom stereocenters. The van der Waals surface area contributed by atoms with Crippen LogP contribution in [0.4, 0.5) is 0 Å². The van der Waals surface area contributed by atoms with Crippen molar-refractivity contribution in [2.75, 3.05) is 13.6 Å². The lowest BCUT2D eigenvalue weighted by molar-refractivity contribution is 0.307. The van der Waals surface area contributed by atoms with E-state index in [2.05, 4.69) is 25.8 Å². The van der Waals surface area contributed by atoms with E-state index in [1.165, 1.54) is 0 Å². The summed E-state index contributed by atoms with van der Waals surface area (Å²) in [4.78, 5) is 19.0. The summed E-state index contributed by atoms with van der Waals surface area (Å²) in [6.45, 7) is 1.66. The standard InChI is InChI=1S/C12H12BrN3O/c1-15-4-3-10-9(7-15)12(17)16-5-2-8(13)6-11(16)14-10/h2,5-6H,3-4,7H2,1H3. The van der Waals surface area contributed by atoms with Crippen LogP contribution in [0.25, 0.3) is 5.65 Å². The smallest absolute Gasteiger partial charge is 0.262 e. The molecule has 1 aliphatic rings. The van der Waals surface area contributed by atoms with Crippen LogP contribution >= 0.6 is 15.9 Å². The van der Waals surface area contributed by atoms with E-state index in [1.807, 2.05) is 19.2 Å². The van der Waals surface area contributed by atoms with Crippen molar-refractivity contribution in [3.63, 3.8) is 0 Å². The molecule has 0 aliphatic carbocycles. The van der Waals surface area contributed by atoms with E-state index in [4.69, 9.17) is 0 Å². The Hall–Kier alpha value is -1.20. The molecule has 0 N–H and O–H groups in total. The molecule has 1 aliphatic heterocycles. The van der Waals surface area contributed by atoms with Crippen molar-refractivity contribution < 1.29 is 0 Å². The molecular weight excluding hydrogens is 282 g/mol. The second-order valence-corrected chi connectivity index (χ2v) is 5.32. The summed E-state index contributed by atoms with van der Waals surface area (Å²) in [5.74, 6) is 0. The first kappa shape index (κ1) is 10.9. The average molecular weight is 294 g/mol. The molecule has 0 fully saturated rings. The average Bonchev–Trinajstić information content (AvgIpc) is 2.30. The quantitative estimate of drug-likeness (QED) is 0.738. The van der Waals surface area contributed by atoms with Crippen LogP contribution in [-0.2, 0) is 13.0 Å². The molecule has 2 aromatic rings. The third kappa shape index (κ3) is 1.79. The van der Waals surface area contributed by atoms with Gasteiger partial charge in [-0.05, 0) is 19.2 Å². The van der Waals surface area contributed by atoms with Crippen molar-refractivity contribution in [1.82, 2.24) is 14.3 Å². The first-order valence-electron chi connectivity index (χ1n) is 5.53. The number of likely N-dealkylation sites (N-methyl/N-ethyl adjacent to an activating group) is 1. The van der Waals surface area contributed by atoms with Crippen LogP contribution in [0.3, 0.4) is 0 Å². The van der Waals surface area contributed by atoms with Crippen LogP contribution in [0.15, 0.2) is 27.6 Å². The molecule has 0 bridgehead atoms. The van der Waals surface area contributed by atoms with Crippen molar-refractivity contribution in [3.8, 4) is 0 Å². The van der Waals surface area contributed by atoms with Gasteiger partial charge in [0.15, 0.2) is 0 Å². The minimum atomic E-state index is 0.0593. The highest BCUT2D eigenvalue weighted by Crippen LogP contribution is 2.15. The first-order valence-corrected chi connectivity index (χ1v) is 6.32. The second-order valence-electron chi connectivity index (χ2n) is 4.40. The summed E-state index contributed by atoms with van der Waals surface area (Å²) >= 11 is 3.40. The molecule has 0 spiro atoms. The molecule has 5 heteroatoms. The van der Waals surface area contributed by atoms with Crippen LogP contribution < -0.4 is 5.56 Å². The van der Waals surface area contributed by atoms with Crippen LogP contribution in [0.1, 0.15) is 11.3 Å². The van der Waals surface area contributed by atoms with E-state index in [0.717, 1.165) is 28.7 Å². The summed E-state index contributed by atoms with van der Waals surface area (Å²) < 4.78 is 2.56. The molecule has 0 radical (unpaired) electrons. The number of hydrogen-bond acceptors (Lipinski definition) is 3. The van der Waals surface area contributed by atoms with Gasteiger partial charge in [-0.2, -0.15) is 0 Å². The molecule has 0 saturated heterocycles. The number of halogens is 1. The zero-order valence-corrected chi connectivity index (χ0v) is 11.1. The monoisotopic (exact) mass is 293 g/mol. The lowest BCUT2D eigenvalue weighted by atomic mass is 10.1. The van der Waals surface area contributed by atoms with Crippen molar-refractivity contribution in [2.24, 2.45) is 0 Å². The van der Waals surface area contributed by atoms with Crippen LogP contribution in [0.5, 0.6) is 0 Å². The summed E-state index contributed by atoms with van der Waals surface area (Å²) in [7, 11) is 2.03. The Morgan fingerprint density at radius 3 is 3.12 bits per heavy atom. The maximum Gasteiger partial charge on any atom is 0.262 e. The van der Waals surface area contributed by atoms with Gasteiger partial charge in [0.25, 0.3) is 5.56 Å². The normalized spacial score (nSPS) is 16.1. The summed E-state index contributed by atoms with van der Waals surface area (Å²) in [5.41, 5.74) is 2.56. The topological polar surface area (TPSA) is 37.6 Å². The van der Waals surface area contributed by atoms with Gasteiger partial charge in [-0.25, -0.2) is 4.98 Å². The fourth-order valence-electron chi connectivity index (χ4n) is 2.21. The van der Waals surface area contributed by atoms with Crippen LogP contribution in [-0.4, -0.2) is 27.9 Å². The Morgan fingerprint density at radius 1 is 1.47 bits per heavy atom. The molecule has 3 rings (SSSR count). The van der Waals surface area contributed by atoms with Gasteiger partial charge in [-0.3, -0.25) is 9.20 Å². The highest BCUT2D eigenvalue weighted by atomic mass is 79.9. The van der Waals surface area contributed by atoms with Gasteiger partial charge < -0.3 is 4.90 Å². The van der Waals surface area contributed by atoms with E-state index in [9.17, 15) is 4.79 Å². The third-order valence-corrected chi connectivity index (χ3v) is 3.62. The molecule has 4 nitrogen and oxygen atoms in total. The maximum absolute atomic E-state index is 12.3. The van der Waals surface area contributed by atoms with E-state index in [-0.39, 0.29) is 5.56 Å². The lowest BCUT2D eigenvalue weighted by Gasteiger charge is -2.23. The van der Waals surface area contributed by atoms with E-state index < -0.39 is 0 Å². The zero-order valence-electron chi connectivity index (χ0n) is 9.48. The summed E-state index contributed by atoms with van der Waals surface area (Å²) in [5, 5.41) is 0. The number of rotatable bonds is 0. The largest absolute Gasteiger partial charge is 0.301 e. The molecule has 0 amide bonds. The number of fused-ring (bicyclic) bond motifs is 2. The number of nitrogens with zero attached hydrogens (tertiary/aromatic N) is 3. The summed E-state index contributed by atoms with van der Waals surface area (Å²) in [6.07, 6.45) is 2.62. The Morgan fingerprint density at radius 2 is 2.29 bits per heavy atom. The fourth-order valence-corrected chi connectivity index (χ4v) is 2.53. The predicted molar refractivity (Wildman–Crippen MR) is 69.2 cm³/mol. The third-order valence-electron chi connectivity index (χ3n) is 3.13. The van der Waals surface area contributed by atoms with Gasteiger partial charge >= 0.3 is 0 Å². The second kappa shape index (κ2) is 3.92. The molecule has 0 unspecified atom stereocenters. The minimum Gasteiger partial charge on any atom is -0.301 e. The van der Waals surface area contributed by atoms with Gasteiger partial charge in [-0.1, -0.05) is 15.9 Å². The van der Waals surface area contributed by atoms with Gasteiger partial charge in [-0.15, -0.1) is 0 Å². The number of pyridine rings is 1. The predicted octanol–water partition coefficient (Wildman–Crippen LogP) is 1.44. The van der Waals surface area contributed by atoms with Crippen molar-refractivity contribution in [2.45, 2.75) is 13.0 Å². The molecule has 0 saturated carbocycles. The first-order chi connectivity index (χ1) is 8.15. The van der Waals surface area contributed by atoms with E-state index in [1.54, 1.807) is 10.6 Å². The van der Waals surface area contributed by atoms with E-state index in [0.29, 0.717) is 12.2 Å². The molecular formula is C12H12BrN3O. The Kier molecular flexibility index (Phi) is 2.52. The van der Waals surface area contributed by atoms with Gasteiger partial charge in [0.05, 0.1) is 11.3 Å². The van der Waals surface area contributed by atoms with Gasteiger partial charge in [0, 0.05) is 30.2 Å². The summed E-state index contributed by atoms with van der Waals surface area (Å²) in [6, 6.07) is 3.73. The highest BCUT2D eigenvalue weighted by Gasteiger charge is 2.19. The maximum atomic E-state index is 12.3. The zero-order chi connectivity index (χ0) is 12.0. The Balaban J connectivity index is 2.32. The highest BCUT2D eigenvalue weighted by molar-refractivity contribution is 9.10. The molecule has 17 heavy (non-hydrogen) atoms. The number of aromatic nitrogens is 2. The van der Waals surface area contributed by atoms with Gasteiger partial charge in [0.2, 0.25) is 0 Å². The van der Waals surface area contributed by atoms with E-state index >= 15 is 0 Å². The Labute approximate surface area is 107 Å². The van der Waals surface area contributed by atoms with Crippen LogP contribution in [0.2, 0.25) is 0 Å². The molecule has 0 aromatic carbocycles. The molecule has 3 heterocycles. The fraction of sp³-hybridized carbons (Fsp3) is 0.333. The van der Waals surface area contributed by atoms with Crippen LogP contribution in [0, 0.1) is 0 Å². The van der Waals surface area contributed by atoms with Crippen molar-refractivity contribution in [3.05, 3.63) is 44.4 Å². The minimum absolute atomic E-state index is 0.0593. The molecule has 88 valence electrons.